The van der Waals surface area contributed by atoms with E-state index in [1.165, 1.54) is 0 Å². The number of amides is 1. The van der Waals surface area contributed by atoms with E-state index >= 15 is 0 Å². The third kappa shape index (κ3) is 2.87. The van der Waals surface area contributed by atoms with Crippen molar-refractivity contribution in [2.24, 2.45) is 0 Å². The molecule has 1 fully saturated rings. The summed E-state index contributed by atoms with van der Waals surface area (Å²) in [5, 5.41) is 2.90. The molecular weight excluding hydrogens is 308 g/mol. The van der Waals surface area contributed by atoms with Crippen LogP contribution in [-0.2, 0) is 6.54 Å². The minimum absolute atomic E-state index is 0.0800. The molecule has 1 N–H and O–H groups in total. The first-order valence-electron chi connectivity index (χ1n) is 6.20. The Balaban J connectivity index is 1.66. The summed E-state index contributed by atoms with van der Waals surface area (Å²) in [5.41, 5.74) is 1.67. The lowest BCUT2D eigenvalue weighted by atomic mass is 10.1. The van der Waals surface area contributed by atoms with Crippen molar-refractivity contribution in [1.82, 2.24) is 10.3 Å². The second-order valence-corrected chi connectivity index (χ2v) is 5.45. The zero-order chi connectivity index (χ0) is 13.2. The summed E-state index contributed by atoms with van der Waals surface area (Å²) < 4.78 is 6.17. The predicted octanol–water partition coefficient (Wildman–Crippen LogP) is 3.24. The van der Waals surface area contributed by atoms with E-state index in [2.05, 4.69) is 26.2 Å². The van der Waals surface area contributed by atoms with Gasteiger partial charge in [0.2, 0.25) is 0 Å². The van der Waals surface area contributed by atoms with Crippen LogP contribution >= 0.6 is 15.9 Å². The highest BCUT2D eigenvalue weighted by molar-refractivity contribution is 9.10. The summed E-state index contributed by atoms with van der Waals surface area (Å²) in [4.78, 5) is 16.2. The minimum Gasteiger partial charge on any atom is -0.468 e. The topological polar surface area (TPSA) is 55.1 Å². The summed E-state index contributed by atoms with van der Waals surface area (Å²) in [6.45, 7) is 0.481. The summed E-state index contributed by atoms with van der Waals surface area (Å²) in [7, 11) is 0. The van der Waals surface area contributed by atoms with Crippen molar-refractivity contribution < 1.29 is 9.21 Å². The molecule has 2 aromatic rings. The normalized spacial score (nSPS) is 14.4. The van der Waals surface area contributed by atoms with Gasteiger partial charge >= 0.3 is 0 Å². The predicted molar refractivity (Wildman–Crippen MR) is 73.8 cm³/mol. The molecule has 0 saturated heterocycles. The molecule has 98 valence electrons. The van der Waals surface area contributed by atoms with Crippen molar-refractivity contribution in [3.8, 4) is 0 Å². The maximum atomic E-state index is 12.1. The Bertz CT molecular complexity index is 605. The average Bonchev–Trinajstić information content (AvgIpc) is 3.13. The van der Waals surface area contributed by atoms with E-state index in [1.807, 2.05) is 12.1 Å². The molecule has 1 aliphatic rings. The van der Waals surface area contributed by atoms with E-state index in [0.29, 0.717) is 18.0 Å². The first-order chi connectivity index (χ1) is 9.24. The van der Waals surface area contributed by atoms with Crippen LogP contribution in [0.5, 0.6) is 0 Å². The first kappa shape index (κ1) is 12.4. The second-order valence-electron chi connectivity index (χ2n) is 4.64. The SMILES string of the molecule is O=C(NCc1ccnc(Br)c1)c1ccoc1C1CC1. The maximum absolute atomic E-state index is 12.1. The fourth-order valence-electron chi connectivity index (χ4n) is 2.00. The maximum Gasteiger partial charge on any atom is 0.255 e. The van der Waals surface area contributed by atoms with Crippen molar-refractivity contribution in [2.45, 2.75) is 25.3 Å². The lowest BCUT2D eigenvalue weighted by Gasteiger charge is -2.05. The Labute approximate surface area is 119 Å². The molecule has 0 bridgehead atoms. The number of hydrogen-bond acceptors (Lipinski definition) is 3. The number of rotatable bonds is 4. The molecule has 2 aromatic heterocycles. The van der Waals surface area contributed by atoms with Crippen molar-refractivity contribution in [3.05, 3.63) is 52.1 Å². The molecule has 1 saturated carbocycles. The molecule has 0 unspecified atom stereocenters. The van der Waals surface area contributed by atoms with Gasteiger partial charge in [-0.1, -0.05) is 0 Å². The van der Waals surface area contributed by atoms with Crippen LogP contribution in [0.3, 0.4) is 0 Å². The monoisotopic (exact) mass is 320 g/mol. The van der Waals surface area contributed by atoms with Gasteiger partial charge in [-0.25, -0.2) is 4.98 Å². The molecule has 5 heteroatoms. The largest absolute Gasteiger partial charge is 0.468 e. The molecule has 3 rings (SSSR count). The Morgan fingerprint density at radius 1 is 1.47 bits per heavy atom. The Kier molecular flexibility index (Phi) is 3.38. The first-order valence-corrected chi connectivity index (χ1v) is 6.99. The van der Waals surface area contributed by atoms with Gasteiger partial charge in [0.05, 0.1) is 11.8 Å². The number of nitrogens with one attached hydrogen (secondary N) is 1. The summed E-state index contributed by atoms with van der Waals surface area (Å²) in [5.74, 6) is 1.18. The van der Waals surface area contributed by atoms with Crippen molar-refractivity contribution in [1.29, 1.82) is 0 Å². The number of nitrogens with zero attached hydrogens (tertiary/aromatic N) is 1. The number of carbonyl (C=O) groups excluding carboxylic acids is 1. The van der Waals surface area contributed by atoms with E-state index in [4.69, 9.17) is 4.42 Å². The summed E-state index contributed by atoms with van der Waals surface area (Å²) in [6, 6.07) is 5.51. The van der Waals surface area contributed by atoms with Crippen LogP contribution in [0.1, 0.15) is 40.4 Å². The van der Waals surface area contributed by atoms with Crippen LogP contribution in [0.25, 0.3) is 0 Å². The Hall–Kier alpha value is -1.62. The van der Waals surface area contributed by atoms with E-state index in [-0.39, 0.29) is 5.91 Å². The van der Waals surface area contributed by atoms with E-state index in [1.54, 1.807) is 18.5 Å². The number of hydrogen-bond donors (Lipinski definition) is 1. The zero-order valence-electron chi connectivity index (χ0n) is 10.2. The van der Waals surface area contributed by atoms with Crippen LogP contribution in [0.15, 0.2) is 39.7 Å². The molecule has 19 heavy (non-hydrogen) atoms. The second kappa shape index (κ2) is 5.17. The van der Waals surface area contributed by atoms with Crippen molar-refractivity contribution >= 4 is 21.8 Å². The fourth-order valence-corrected chi connectivity index (χ4v) is 2.41. The molecule has 1 amide bonds. The molecule has 0 aromatic carbocycles. The molecule has 0 radical (unpaired) electrons. The van der Waals surface area contributed by atoms with Gasteiger partial charge < -0.3 is 9.73 Å². The zero-order valence-corrected chi connectivity index (χ0v) is 11.8. The van der Waals surface area contributed by atoms with Gasteiger partial charge in [-0.15, -0.1) is 0 Å². The number of carbonyl (C=O) groups is 1. The van der Waals surface area contributed by atoms with Crippen molar-refractivity contribution in [2.75, 3.05) is 0 Å². The molecular formula is C14H13BrN2O2. The molecule has 2 heterocycles. The van der Waals surface area contributed by atoms with Crippen LogP contribution < -0.4 is 5.32 Å². The minimum atomic E-state index is -0.0800. The average molecular weight is 321 g/mol. The highest BCUT2D eigenvalue weighted by Crippen LogP contribution is 2.42. The lowest BCUT2D eigenvalue weighted by molar-refractivity contribution is 0.0949. The van der Waals surface area contributed by atoms with Crippen LogP contribution in [-0.4, -0.2) is 10.9 Å². The molecule has 0 atom stereocenters. The van der Waals surface area contributed by atoms with Gasteiger partial charge in [0.15, 0.2) is 0 Å². The fraction of sp³-hybridized carbons (Fsp3) is 0.286. The van der Waals surface area contributed by atoms with Gasteiger partial charge in [0, 0.05) is 18.7 Å². The van der Waals surface area contributed by atoms with Crippen LogP contribution in [0, 0.1) is 0 Å². The highest BCUT2D eigenvalue weighted by atomic mass is 79.9. The third-order valence-corrected chi connectivity index (χ3v) is 3.57. The van der Waals surface area contributed by atoms with Crippen molar-refractivity contribution in [3.63, 3.8) is 0 Å². The number of furan rings is 1. The van der Waals surface area contributed by atoms with Gasteiger partial charge in [0.1, 0.15) is 10.4 Å². The summed E-state index contributed by atoms with van der Waals surface area (Å²) in [6.07, 6.45) is 5.53. The Morgan fingerprint density at radius 3 is 3.05 bits per heavy atom. The summed E-state index contributed by atoms with van der Waals surface area (Å²) >= 11 is 3.31. The van der Waals surface area contributed by atoms with Crippen LogP contribution in [0.4, 0.5) is 0 Å². The number of pyridine rings is 1. The molecule has 4 nitrogen and oxygen atoms in total. The van der Waals surface area contributed by atoms with Crippen LogP contribution in [0.2, 0.25) is 0 Å². The Morgan fingerprint density at radius 2 is 2.32 bits per heavy atom. The van der Waals surface area contributed by atoms with E-state index in [0.717, 1.165) is 28.8 Å². The van der Waals surface area contributed by atoms with Gasteiger partial charge in [-0.05, 0) is 52.5 Å². The van der Waals surface area contributed by atoms with Gasteiger partial charge in [0.25, 0.3) is 5.91 Å². The molecule has 0 spiro atoms. The van der Waals surface area contributed by atoms with E-state index in [9.17, 15) is 4.79 Å². The van der Waals surface area contributed by atoms with Gasteiger partial charge in [-0.2, -0.15) is 0 Å². The quantitative estimate of drug-likeness (QED) is 0.880. The highest BCUT2D eigenvalue weighted by Gasteiger charge is 2.31. The lowest BCUT2D eigenvalue weighted by Crippen LogP contribution is -2.23. The number of aromatic nitrogens is 1. The number of halogens is 1. The molecule has 1 aliphatic carbocycles. The van der Waals surface area contributed by atoms with E-state index < -0.39 is 0 Å². The molecule has 0 aliphatic heterocycles. The van der Waals surface area contributed by atoms with Gasteiger partial charge in [-0.3, -0.25) is 4.79 Å². The smallest absolute Gasteiger partial charge is 0.255 e. The standard InChI is InChI=1S/C14H13BrN2O2/c15-12-7-9(3-5-16-12)8-17-14(18)11-4-6-19-13(11)10-1-2-10/h3-7,10H,1-2,8H2,(H,17,18). The third-order valence-electron chi connectivity index (χ3n) is 3.13.